The van der Waals surface area contributed by atoms with Crippen LogP contribution in [0.3, 0.4) is 0 Å². The van der Waals surface area contributed by atoms with Crippen LogP contribution in [-0.2, 0) is 10.3 Å². The second kappa shape index (κ2) is 5.36. The van der Waals surface area contributed by atoms with E-state index >= 15 is 0 Å². The summed E-state index contributed by atoms with van der Waals surface area (Å²) in [7, 11) is 0. The molecule has 0 aliphatic carbocycles. The fraction of sp³-hybridized carbons (Fsp3) is 0.500. The van der Waals surface area contributed by atoms with Gasteiger partial charge in [-0.05, 0) is 52.3 Å². The molecule has 0 radical (unpaired) electrons. The third kappa shape index (κ3) is 4.45. The van der Waals surface area contributed by atoms with E-state index < -0.39 is 28.9 Å². The highest BCUT2D eigenvalue weighted by molar-refractivity contribution is 5.85. The average molecular weight is 287 g/mol. The normalized spacial score (nSPS) is 12.2. The number of aliphatic hydroxyl groups is 1. The summed E-state index contributed by atoms with van der Waals surface area (Å²) in [6.07, 6.45) is -0.899. The highest BCUT2D eigenvalue weighted by Gasteiger charge is 2.23. The third-order valence-corrected chi connectivity index (χ3v) is 2.37. The zero-order chi connectivity index (χ0) is 15.7. The maximum absolute atomic E-state index is 13.6. The maximum Gasteiger partial charge on any atom is 0.412 e. The van der Waals surface area contributed by atoms with Gasteiger partial charge in [0.1, 0.15) is 5.60 Å². The lowest BCUT2D eigenvalue weighted by atomic mass is 9.97. The van der Waals surface area contributed by atoms with Crippen LogP contribution in [-0.4, -0.2) is 16.8 Å². The van der Waals surface area contributed by atoms with E-state index in [-0.39, 0.29) is 11.3 Å². The molecular formula is C14H19F2NO3. The first-order valence-electron chi connectivity index (χ1n) is 6.12. The molecule has 0 atom stereocenters. The Labute approximate surface area is 116 Å². The molecule has 0 aliphatic heterocycles. The first-order chi connectivity index (χ1) is 8.90. The summed E-state index contributed by atoms with van der Waals surface area (Å²) in [4.78, 5) is 11.6. The van der Waals surface area contributed by atoms with E-state index in [0.717, 1.165) is 6.07 Å². The van der Waals surface area contributed by atoms with Crippen LogP contribution in [0.5, 0.6) is 0 Å². The molecule has 0 bridgehead atoms. The molecule has 0 heterocycles. The number of ether oxygens (including phenoxy) is 1. The number of hydrogen-bond donors (Lipinski definition) is 2. The third-order valence-electron chi connectivity index (χ3n) is 2.37. The van der Waals surface area contributed by atoms with Crippen molar-refractivity contribution in [3.05, 3.63) is 29.3 Å². The molecule has 6 heteroatoms. The number of rotatable bonds is 2. The predicted molar refractivity (Wildman–Crippen MR) is 71.5 cm³/mol. The number of anilines is 1. The van der Waals surface area contributed by atoms with Gasteiger partial charge in [-0.1, -0.05) is 0 Å². The summed E-state index contributed by atoms with van der Waals surface area (Å²) in [6, 6.07) is 2.05. The van der Waals surface area contributed by atoms with Crippen LogP contribution < -0.4 is 5.32 Å². The Bertz CT molecular complexity index is 516. The highest BCUT2D eigenvalue weighted by Crippen LogP contribution is 2.27. The Morgan fingerprint density at radius 2 is 1.75 bits per heavy atom. The second-order valence-corrected chi connectivity index (χ2v) is 6.01. The van der Waals surface area contributed by atoms with Crippen molar-refractivity contribution in [3.8, 4) is 0 Å². The van der Waals surface area contributed by atoms with E-state index in [2.05, 4.69) is 5.32 Å². The number of benzene rings is 1. The van der Waals surface area contributed by atoms with Gasteiger partial charge in [-0.25, -0.2) is 13.6 Å². The second-order valence-electron chi connectivity index (χ2n) is 6.01. The van der Waals surface area contributed by atoms with Gasteiger partial charge in [0.25, 0.3) is 0 Å². The molecule has 2 N–H and O–H groups in total. The molecule has 0 saturated carbocycles. The van der Waals surface area contributed by atoms with Gasteiger partial charge in [-0.15, -0.1) is 0 Å². The van der Waals surface area contributed by atoms with Gasteiger partial charge >= 0.3 is 6.09 Å². The molecule has 1 rings (SSSR count). The Balaban J connectivity index is 3.06. The van der Waals surface area contributed by atoms with Gasteiger partial charge in [-0.3, -0.25) is 5.32 Å². The largest absolute Gasteiger partial charge is 0.444 e. The summed E-state index contributed by atoms with van der Waals surface area (Å²) < 4.78 is 32.1. The SMILES string of the molecule is CC(C)(C)OC(=O)Nc1cc(C(C)(C)O)cc(F)c1F. The van der Waals surface area contributed by atoms with Crippen molar-refractivity contribution < 1.29 is 23.4 Å². The van der Waals surface area contributed by atoms with Crippen molar-refractivity contribution in [1.29, 1.82) is 0 Å². The van der Waals surface area contributed by atoms with E-state index in [9.17, 15) is 18.7 Å². The molecule has 1 aromatic rings. The molecule has 1 amide bonds. The molecule has 20 heavy (non-hydrogen) atoms. The minimum atomic E-state index is -1.36. The molecule has 0 saturated heterocycles. The fourth-order valence-corrected chi connectivity index (χ4v) is 1.45. The van der Waals surface area contributed by atoms with Crippen LogP contribution in [0.15, 0.2) is 12.1 Å². The number of carbonyl (C=O) groups is 1. The molecule has 0 fully saturated rings. The van der Waals surface area contributed by atoms with Crippen molar-refractivity contribution >= 4 is 11.8 Å². The Hall–Kier alpha value is -1.69. The molecule has 0 unspecified atom stereocenters. The number of amides is 1. The maximum atomic E-state index is 13.6. The minimum absolute atomic E-state index is 0.141. The molecule has 0 spiro atoms. The summed E-state index contributed by atoms with van der Waals surface area (Å²) in [5.41, 5.74) is -2.36. The van der Waals surface area contributed by atoms with E-state index in [1.165, 1.54) is 19.9 Å². The number of halogens is 2. The van der Waals surface area contributed by atoms with Gasteiger partial charge in [0, 0.05) is 0 Å². The summed E-state index contributed by atoms with van der Waals surface area (Å²) in [5.74, 6) is -2.36. The number of nitrogens with one attached hydrogen (secondary N) is 1. The van der Waals surface area contributed by atoms with Gasteiger partial charge in [-0.2, -0.15) is 0 Å². The van der Waals surface area contributed by atoms with Crippen molar-refractivity contribution in [3.63, 3.8) is 0 Å². The van der Waals surface area contributed by atoms with Crippen molar-refractivity contribution in [2.75, 3.05) is 5.32 Å². The topological polar surface area (TPSA) is 58.6 Å². The molecular weight excluding hydrogens is 268 g/mol. The van der Waals surface area contributed by atoms with Crippen molar-refractivity contribution in [1.82, 2.24) is 0 Å². The van der Waals surface area contributed by atoms with Crippen molar-refractivity contribution in [2.45, 2.75) is 45.8 Å². The minimum Gasteiger partial charge on any atom is -0.444 e. The van der Waals surface area contributed by atoms with Gasteiger partial charge in [0.2, 0.25) is 0 Å². The van der Waals surface area contributed by atoms with Crippen LogP contribution in [0.25, 0.3) is 0 Å². The first-order valence-corrected chi connectivity index (χ1v) is 6.12. The molecule has 1 aromatic carbocycles. The quantitative estimate of drug-likeness (QED) is 0.874. The predicted octanol–water partition coefficient (Wildman–Crippen LogP) is 3.54. The smallest absolute Gasteiger partial charge is 0.412 e. The van der Waals surface area contributed by atoms with Crippen molar-refractivity contribution in [2.24, 2.45) is 0 Å². The Kier molecular flexibility index (Phi) is 4.39. The number of hydrogen-bond acceptors (Lipinski definition) is 3. The summed E-state index contributed by atoms with van der Waals surface area (Å²) in [6.45, 7) is 7.80. The summed E-state index contributed by atoms with van der Waals surface area (Å²) >= 11 is 0. The lowest BCUT2D eigenvalue weighted by Crippen LogP contribution is -2.28. The van der Waals surface area contributed by atoms with Crippen LogP contribution >= 0.6 is 0 Å². The number of carbonyl (C=O) groups excluding carboxylic acids is 1. The highest BCUT2D eigenvalue weighted by atomic mass is 19.2. The fourth-order valence-electron chi connectivity index (χ4n) is 1.45. The molecule has 0 aliphatic rings. The molecule has 112 valence electrons. The standard InChI is InChI=1S/C14H19F2NO3/c1-13(2,3)20-12(18)17-10-7-8(14(4,5)19)6-9(15)11(10)16/h6-7,19H,1-5H3,(H,17,18). The van der Waals surface area contributed by atoms with E-state index in [4.69, 9.17) is 4.74 Å². The summed E-state index contributed by atoms with van der Waals surface area (Å²) in [5, 5.41) is 11.9. The van der Waals surface area contributed by atoms with Crippen LogP contribution in [0.1, 0.15) is 40.2 Å². The van der Waals surface area contributed by atoms with Gasteiger partial charge in [0.05, 0.1) is 11.3 Å². The van der Waals surface area contributed by atoms with E-state index in [1.807, 2.05) is 0 Å². The molecule has 4 nitrogen and oxygen atoms in total. The zero-order valence-electron chi connectivity index (χ0n) is 12.2. The van der Waals surface area contributed by atoms with Gasteiger partial charge < -0.3 is 9.84 Å². The monoisotopic (exact) mass is 287 g/mol. The van der Waals surface area contributed by atoms with E-state index in [1.54, 1.807) is 20.8 Å². The first kappa shape index (κ1) is 16.4. The van der Waals surface area contributed by atoms with Crippen LogP contribution in [0, 0.1) is 11.6 Å². The van der Waals surface area contributed by atoms with Gasteiger partial charge in [0.15, 0.2) is 11.6 Å². The lowest BCUT2D eigenvalue weighted by Gasteiger charge is -2.22. The average Bonchev–Trinajstić information content (AvgIpc) is 2.20. The Morgan fingerprint density at radius 1 is 1.20 bits per heavy atom. The molecule has 0 aromatic heterocycles. The Morgan fingerprint density at radius 3 is 2.20 bits per heavy atom. The van der Waals surface area contributed by atoms with Crippen LogP contribution in [0.4, 0.5) is 19.3 Å². The van der Waals surface area contributed by atoms with E-state index in [0.29, 0.717) is 0 Å². The van der Waals surface area contributed by atoms with Crippen LogP contribution in [0.2, 0.25) is 0 Å². The zero-order valence-corrected chi connectivity index (χ0v) is 12.2. The lowest BCUT2D eigenvalue weighted by molar-refractivity contribution is 0.0633.